The van der Waals surface area contributed by atoms with Crippen molar-refractivity contribution in [2.45, 2.75) is 13.8 Å². The number of hydrogen-bond acceptors (Lipinski definition) is 3. The number of carbonyl (C=O) groups is 1. The van der Waals surface area contributed by atoms with Gasteiger partial charge in [-0.15, -0.1) is 11.3 Å². The predicted octanol–water partition coefficient (Wildman–Crippen LogP) is 3.88. The topological polar surface area (TPSA) is 44.4 Å². The molecule has 1 aromatic carbocycles. The van der Waals surface area contributed by atoms with Crippen LogP contribution in [-0.2, 0) is 0 Å². The number of rotatable bonds is 7. The maximum Gasteiger partial charge on any atom is 0.319 e. The maximum absolute atomic E-state index is 12.1. The molecule has 0 atom stereocenters. The van der Waals surface area contributed by atoms with Crippen LogP contribution in [0, 0.1) is 0 Å². The number of para-hydroxylation sites is 1. The van der Waals surface area contributed by atoms with Gasteiger partial charge < -0.3 is 15.5 Å². The highest BCUT2D eigenvalue weighted by molar-refractivity contribution is 7.13. The number of likely N-dealkylation sites (N-methyl/N-ethyl adjacent to an activating group) is 1. The Hall–Kier alpha value is -1.85. The van der Waals surface area contributed by atoms with Gasteiger partial charge in [-0.3, -0.25) is 0 Å². The Balaban J connectivity index is 1.92. The van der Waals surface area contributed by atoms with Crippen molar-refractivity contribution in [1.29, 1.82) is 0 Å². The number of anilines is 1. The first-order valence-electron chi connectivity index (χ1n) is 7.64. The van der Waals surface area contributed by atoms with Crippen molar-refractivity contribution in [2.24, 2.45) is 0 Å². The Morgan fingerprint density at radius 2 is 1.91 bits per heavy atom. The van der Waals surface area contributed by atoms with Crippen LogP contribution in [0.2, 0.25) is 0 Å². The number of urea groups is 1. The minimum Gasteiger partial charge on any atom is -0.337 e. The predicted molar refractivity (Wildman–Crippen MR) is 94.6 cm³/mol. The lowest BCUT2D eigenvalue weighted by Crippen LogP contribution is -2.36. The van der Waals surface area contributed by atoms with Gasteiger partial charge in [-0.05, 0) is 30.6 Å². The Bertz CT molecular complexity index is 579. The van der Waals surface area contributed by atoms with Crippen LogP contribution < -0.4 is 10.6 Å². The number of carbonyl (C=O) groups excluding carboxylic acids is 1. The zero-order valence-corrected chi connectivity index (χ0v) is 14.0. The third-order valence-corrected chi connectivity index (χ3v) is 4.47. The lowest BCUT2D eigenvalue weighted by Gasteiger charge is -2.18. The van der Waals surface area contributed by atoms with E-state index in [2.05, 4.69) is 35.4 Å². The molecule has 0 bridgehead atoms. The van der Waals surface area contributed by atoms with E-state index in [1.807, 2.05) is 35.7 Å². The molecule has 0 saturated carbocycles. The highest BCUT2D eigenvalue weighted by Gasteiger charge is 2.08. The van der Waals surface area contributed by atoms with E-state index in [4.69, 9.17) is 0 Å². The number of amides is 2. The molecule has 2 rings (SSSR count). The molecule has 22 heavy (non-hydrogen) atoms. The van der Waals surface area contributed by atoms with Crippen molar-refractivity contribution in [1.82, 2.24) is 10.2 Å². The second-order valence-corrected chi connectivity index (χ2v) is 5.88. The summed E-state index contributed by atoms with van der Waals surface area (Å²) in [6.07, 6.45) is 0. The van der Waals surface area contributed by atoms with E-state index in [1.165, 1.54) is 0 Å². The number of hydrogen-bond donors (Lipinski definition) is 2. The van der Waals surface area contributed by atoms with Gasteiger partial charge in [-0.25, -0.2) is 4.79 Å². The van der Waals surface area contributed by atoms with Crippen LogP contribution in [0.25, 0.3) is 10.4 Å². The molecule has 0 aliphatic carbocycles. The average molecular weight is 317 g/mol. The zero-order chi connectivity index (χ0) is 15.8. The van der Waals surface area contributed by atoms with E-state index in [-0.39, 0.29) is 6.03 Å². The molecule has 0 spiro atoms. The molecule has 2 N–H and O–H groups in total. The van der Waals surface area contributed by atoms with Gasteiger partial charge in [0.15, 0.2) is 0 Å². The maximum atomic E-state index is 12.1. The molecule has 5 heteroatoms. The zero-order valence-electron chi connectivity index (χ0n) is 13.1. The van der Waals surface area contributed by atoms with Gasteiger partial charge in [0.05, 0.1) is 5.69 Å². The number of nitrogens with zero attached hydrogens (tertiary/aromatic N) is 1. The Morgan fingerprint density at radius 1 is 1.14 bits per heavy atom. The van der Waals surface area contributed by atoms with Crippen molar-refractivity contribution < 1.29 is 4.79 Å². The van der Waals surface area contributed by atoms with E-state index >= 15 is 0 Å². The van der Waals surface area contributed by atoms with Crippen LogP contribution in [-0.4, -0.2) is 37.1 Å². The van der Waals surface area contributed by atoms with E-state index < -0.39 is 0 Å². The van der Waals surface area contributed by atoms with Crippen LogP contribution >= 0.6 is 11.3 Å². The molecule has 0 radical (unpaired) electrons. The van der Waals surface area contributed by atoms with Crippen LogP contribution in [0.5, 0.6) is 0 Å². The third kappa shape index (κ3) is 4.58. The molecule has 118 valence electrons. The molecule has 4 nitrogen and oxygen atoms in total. The van der Waals surface area contributed by atoms with Crippen molar-refractivity contribution >= 4 is 23.1 Å². The summed E-state index contributed by atoms with van der Waals surface area (Å²) in [4.78, 5) is 15.5. The fourth-order valence-electron chi connectivity index (χ4n) is 2.27. The summed E-state index contributed by atoms with van der Waals surface area (Å²) in [6.45, 7) is 7.77. The van der Waals surface area contributed by atoms with Gasteiger partial charge in [0.1, 0.15) is 0 Å². The first-order valence-corrected chi connectivity index (χ1v) is 8.52. The van der Waals surface area contributed by atoms with Gasteiger partial charge in [0.2, 0.25) is 0 Å². The van der Waals surface area contributed by atoms with Gasteiger partial charge >= 0.3 is 6.03 Å². The third-order valence-electron chi connectivity index (χ3n) is 3.57. The first kappa shape index (κ1) is 16.5. The molecule has 0 unspecified atom stereocenters. The van der Waals surface area contributed by atoms with Crippen LogP contribution in [0.3, 0.4) is 0 Å². The van der Waals surface area contributed by atoms with Crippen LogP contribution in [0.15, 0.2) is 41.8 Å². The van der Waals surface area contributed by atoms with Crippen molar-refractivity contribution in [3.63, 3.8) is 0 Å². The SMILES string of the molecule is CCN(CC)CCNC(=O)Nc1ccccc1-c1cccs1. The summed E-state index contributed by atoms with van der Waals surface area (Å²) < 4.78 is 0. The fourth-order valence-corrected chi connectivity index (χ4v) is 3.04. The molecule has 0 fully saturated rings. The van der Waals surface area contributed by atoms with E-state index in [0.717, 1.165) is 35.8 Å². The quantitative estimate of drug-likeness (QED) is 0.814. The minimum absolute atomic E-state index is 0.156. The summed E-state index contributed by atoms with van der Waals surface area (Å²) in [5.41, 5.74) is 1.89. The minimum atomic E-state index is -0.156. The number of nitrogens with one attached hydrogen (secondary N) is 2. The monoisotopic (exact) mass is 317 g/mol. The summed E-state index contributed by atoms with van der Waals surface area (Å²) in [5.74, 6) is 0. The molecule has 0 aliphatic rings. The average Bonchev–Trinajstić information content (AvgIpc) is 3.06. The van der Waals surface area contributed by atoms with Crippen LogP contribution in [0.1, 0.15) is 13.8 Å². The number of benzene rings is 1. The largest absolute Gasteiger partial charge is 0.337 e. The van der Waals surface area contributed by atoms with E-state index in [1.54, 1.807) is 11.3 Å². The molecule has 1 aromatic heterocycles. The van der Waals surface area contributed by atoms with E-state index in [9.17, 15) is 4.79 Å². The Kier molecular flexibility index (Phi) is 6.43. The van der Waals surface area contributed by atoms with Gasteiger partial charge in [0.25, 0.3) is 0 Å². The molecule has 2 amide bonds. The summed E-state index contributed by atoms with van der Waals surface area (Å²) in [7, 11) is 0. The first-order chi connectivity index (χ1) is 10.7. The standard InChI is InChI=1S/C17H23N3OS/c1-3-20(4-2)12-11-18-17(21)19-15-9-6-5-8-14(15)16-10-7-13-22-16/h5-10,13H,3-4,11-12H2,1-2H3,(H2,18,19,21). The Labute approximate surface area is 136 Å². The smallest absolute Gasteiger partial charge is 0.319 e. The molecule has 0 saturated heterocycles. The molecule has 1 heterocycles. The van der Waals surface area contributed by atoms with E-state index in [0.29, 0.717) is 6.54 Å². The van der Waals surface area contributed by atoms with Crippen LogP contribution in [0.4, 0.5) is 10.5 Å². The summed E-state index contributed by atoms with van der Waals surface area (Å²) in [5, 5.41) is 7.90. The van der Waals surface area contributed by atoms with Gasteiger partial charge in [-0.2, -0.15) is 0 Å². The molecular formula is C17H23N3OS. The second kappa shape index (κ2) is 8.56. The van der Waals surface area contributed by atoms with Crippen molar-refractivity contribution in [3.8, 4) is 10.4 Å². The number of thiophene rings is 1. The highest BCUT2D eigenvalue weighted by Crippen LogP contribution is 2.31. The lowest BCUT2D eigenvalue weighted by atomic mass is 10.1. The van der Waals surface area contributed by atoms with Crippen molar-refractivity contribution in [2.75, 3.05) is 31.5 Å². The Morgan fingerprint density at radius 3 is 2.59 bits per heavy atom. The van der Waals surface area contributed by atoms with Gasteiger partial charge in [0, 0.05) is 23.5 Å². The molecule has 2 aromatic rings. The second-order valence-electron chi connectivity index (χ2n) is 4.93. The van der Waals surface area contributed by atoms with Gasteiger partial charge in [-0.1, -0.05) is 38.1 Å². The fraction of sp³-hybridized carbons (Fsp3) is 0.353. The summed E-state index contributed by atoms with van der Waals surface area (Å²) in [6, 6.07) is 11.8. The molecular weight excluding hydrogens is 294 g/mol. The normalized spacial score (nSPS) is 10.7. The highest BCUT2D eigenvalue weighted by atomic mass is 32.1. The van der Waals surface area contributed by atoms with Crippen molar-refractivity contribution in [3.05, 3.63) is 41.8 Å². The lowest BCUT2D eigenvalue weighted by molar-refractivity contribution is 0.248. The molecule has 0 aliphatic heterocycles. The summed E-state index contributed by atoms with van der Waals surface area (Å²) >= 11 is 1.67.